The number of methoxy groups -OCH3 is 1. The van der Waals surface area contributed by atoms with E-state index in [0.29, 0.717) is 15.5 Å². The van der Waals surface area contributed by atoms with Crippen LogP contribution in [0.3, 0.4) is 0 Å². The Balaban J connectivity index is 2.13. The van der Waals surface area contributed by atoms with Crippen LogP contribution >= 0.6 is 22.7 Å². The number of ether oxygens (including phenoxy) is 1. The third kappa shape index (κ3) is 3.48. The zero-order valence-corrected chi connectivity index (χ0v) is 14.1. The molecule has 0 aliphatic carbocycles. The van der Waals surface area contributed by atoms with E-state index < -0.39 is 11.6 Å². The monoisotopic (exact) mass is 349 g/mol. The molecule has 0 bridgehead atoms. The lowest BCUT2D eigenvalue weighted by Crippen LogP contribution is -1.86. The van der Waals surface area contributed by atoms with E-state index in [-0.39, 0.29) is 0 Å². The molecule has 0 amide bonds. The van der Waals surface area contributed by atoms with E-state index in [1.54, 1.807) is 0 Å². The Morgan fingerprint density at radius 1 is 1.00 bits per heavy atom. The minimum Gasteiger partial charge on any atom is -0.486 e. The summed E-state index contributed by atoms with van der Waals surface area (Å²) in [5.74, 6) is -1.23. The molecule has 118 valence electrons. The van der Waals surface area contributed by atoms with Crippen molar-refractivity contribution in [3.63, 3.8) is 0 Å². The molecule has 0 saturated heterocycles. The summed E-state index contributed by atoms with van der Waals surface area (Å²) in [7, 11) is 1.54. The van der Waals surface area contributed by atoms with Crippen LogP contribution in [-0.2, 0) is 0 Å². The molecule has 0 aliphatic heterocycles. The molecule has 2 aromatic carbocycles. The maximum atomic E-state index is 13.5. The number of hydrogen-bond donors (Lipinski definition) is 0. The van der Waals surface area contributed by atoms with Gasteiger partial charge in [-0.05, 0) is 30.7 Å². The van der Waals surface area contributed by atoms with E-state index in [1.165, 1.54) is 41.9 Å². The highest BCUT2D eigenvalue weighted by molar-refractivity contribution is 7.31. The summed E-state index contributed by atoms with van der Waals surface area (Å²) in [4.78, 5) is 5.28. The van der Waals surface area contributed by atoms with Crippen LogP contribution in [0.25, 0.3) is 10.4 Å². The Kier molecular flexibility index (Phi) is 4.54. The Morgan fingerprint density at radius 2 is 1.70 bits per heavy atom. The fourth-order valence-electron chi connectivity index (χ4n) is 2.10. The summed E-state index contributed by atoms with van der Waals surface area (Å²) in [6.45, 7) is 1.98. The smallest absolute Gasteiger partial charge is 0.194 e. The lowest BCUT2D eigenvalue weighted by atomic mass is 10.2. The summed E-state index contributed by atoms with van der Waals surface area (Å²) in [5, 5.41) is 0.590. The van der Waals surface area contributed by atoms with Gasteiger partial charge in [-0.2, -0.15) is 0 Å². The first-order valence-electron chi connectivity index (χ1n) is 6.81. The molecule has 0 spiro atoms. The molecule has 1 aromatic heterocycles. The number of benzene rings is 2. The molecule has 23 heavy (non-hydrogen) atoms. The first-order valence-corrected chi connectivity index (χ1v) is 8.45. The molecule has 1 heterocycles. The van der Waals surface area contributed by atoms with Gasteiger partial charge in [0.05, 0.1) is 17.7 Å². The Morgan fingerprint density at radius 3 is 2.35 bits per heavy atom. The van der Waals surface area contributed by atoms with Gasteiger partial charge in [-0.15, -0.1) is 11.3 Å². The highest BCUT2D eigenvalue weighted by atomic mass is 32.2. The van der Waals surface area contributed by atoms with E-state index in [1.807, 2.05) is 31.2 Å². The maximum Gasteiger partial charge on any atom is 0.194 e. The van der Waals surface area contributed by atoms with Crippen LogP contribution in [0.5, 0.6) is 5.06 Å². The third-order valence-electron chi connectivity index (χ3n) is 3.19. The van der Waals surface area contributed by atoms with Gasteiger partial charge in [0.2, 0.25) is 0 Å². The average Bonchev–Trinajstić information content (AvgIpc) is 2.92. The molecule has 0 saturated carbocycles. The first-order chi connectivity index (χ1) is 11.1. The second-order valence-corrected chi connectivity index (χ2v) is 7.07. The highest BCUT2D eigenvalue weighted by Gasteiger charge is 2.13. The van der Waals surface area contributed by atoms with Gasteiger partial charge in [0.25, 0.3) is 0 Å². The molecule has 0 unspecified atom stereocenters. The SMILES string of the molecule is COc1sc(=Nc2ccccc2C)sc1-c1cc(F)cc(F)c1. The quantitative estimate of drug-likeness (QED) is 0.628. The minimum atomic E-state index is -0.613. The second-order valence-electron chi connectivity index (χ2n) is 4.85. The maximum absolute atomic E-state index is 13.5. The zero-order valence-electron chi connectivity index (χ0n) is 12.5. The van der Waals surface area contributed by atoms with Gasteiger partial charge < -0.3 is 4.74 Å². The Bertz CT molecular complexity index is 895. The molecule has 2 nitrogen and oxygen atoms in total. The van der Waals surface area contributed by atoms with Crippen LogP contribution in [0.1, 0.15) is 5.56 Å². The molecule has 6 heteroatoms. The third-order valence-corrected chi connectivity index (χ3v) is 5.53. The van der Waals surface area contributed by atoms with Crippen molar-refractivity contribution in [1.82, 2.24) is 0 Å². The lowest BCUT2D eigenvalue weighted by molar-refractivity contribution is 0.429. The lowest BCUT2D eigenvalue weighted by Gasteiger charge is -2.01. The largest absolute Gasteiger partial charge is 0.486 e. The number of hydrogen-bond acceptors (Lipinski definition) is 4. The van der Waals surface area contributed by atoms with Crippen molar-refractivity contribution in [2.75, 3.05) is 7.11 Å². The molecular weight excluding hydrogens is 336 g/mol. The van der Waals surface area contributed by atoms with Crippen molar-refractivity contribution < 1.29 is 13.5 Å². The number of rotatable bonds is 3. The predicted molar refractivity (Wildman–Crippen MR) is 90.5 cm³/mol. The van der Waals surface area contributed by atoms with Crippen molar-refractivity contribution in [2.24, 2.45) is 4.99 Å². The summed E-state index contributed by atoms with van der Waals surface area (Å²) in [5.41, 5.74) is 2.38. The molecular formula is C17H13F2NOS2. The van der Waals surface area contributed by atoms with Crippen molar-refractivity contribution in [3.8, 4) is 15.5 Å². The number of nitrogens with zero attached hydrogens (tertiary/aromatic N) is 1. The predicted octanol–water partition coefficient (Wildman–Crippen LogP) is 5.30. The van der Waals surface area contributed by atoms with Crippen LogP contribution in [0.4, 0.5) is 14.5 Å². The van der Waals surface area contributed by atoms with E-state index in [2.05, 4.69) is 4.99 Å². The van der Waals surface area contributed by atoms with Gasteiger partial charge in [-0.25, -0.2) is 13.8 Å². The molecule has 0 N–H and O–H groups in total. The fraction of sp³-hybridized carbons (Fsp3) is 0.118. The number of halogens is 2. The topological polar surface area (TPSA) is 21.6 Å². The molecule has 0 radical (unpaired) electrons. The van der Waals surface area contributed by atoms with Gasteiger partial charge in [0, 0.05) is 11.6 Å². The molecule has 0 fully saturated rings. The van der Waals surface area contributed by atoms with E-state index >= 15 is 0 Å². The summed E-state index contributed by atoms with van der Waals surface area (Å²) >= 11 is 2.71. The van der Waals surface area contributed by atoms with Crippen LogP contribution in [-0.4, -0.2) is 7.11 Å². The Hall–Kier alpha value is -2.05. The summed E-state index contributed by atoms with van der Waals surface area (Å²) in [6, 6.07) is 11.2. The van der Waals surface area contributed by atoms with E-state index in [4.69, 9.17) is 4.74 Å². The first kappa shape index (κ1) is 15.8. The highest BCUT2D eigenvalue weighted by Crippen LogP contribution is 2.37. The van der Waals surface area contributed by atoms with Crippen LogP contribution in [0, 0.1) is 18.6 Å². The molecule has 0 atom stereocenters. The van der Waals surface area contributed by atoms with Crippen molar-refractivity contribution in [2.45, 2.75) is 6.92 Å². The summed E-state index contributed by atoms with van der Waals surface area (Å²) < 4.78 is 33.0. The normalized spacial score (nSPS) is 11.7. The van der Waals surface area contributed by atoms with E-state index in [9.17, 15) is 8.78 Å². The standard InChI is InChI=1S/C17H13F2NOS2/c1-10-5-3-4-6-14(10)20-17-22-15(16(21-2)23-17)11-7-12(18)9-13(19)8-11/h3-9H,1-2H3. The second kappa shape index (κ2) is 6.60. The van der Waals surface area contributed by atoms with Crippen LogP contribution in [0.2, 0.25) is 0 Å². The average molecular weight is 349 g/mol. The zero-order chi connectivity index (χ0) is 16.4. The molecule has 3 aromatic rings. The van der Waals surface area contributed by atoms with Gasteiger partial charge in [-0.3, -0.25) is 0 Å². The van der Waals surface area contributed by atoms with Crippen LogP contribution < -0.4 is 8.72 Å². The minimum absolute atomic E-state index is 0.451. The molecule has 3 rings (SSSR count). The Labute approximate surface area is 140 Å². The summed E-state index contributed by atoms with van der Waals surface area (Å²) in [6.07, 6.45) is 0. The van der Waals surface area contributed by atoms with Crippen LogP contribution in [0.15, 0.2) is 47.5 Å². The van der Waals surface area contributed by atoms with Gasteiger partial charge >= 0.3 is 0 Å². The van der Waals surface area contributed by atoms with Crippen molar-refractivity contribution in [3.05, 3.63) is 63.6 Å². The number of aryl methyl sites for hydroxylation is 1. The van der Waals surface area contributed by atoms with Crippen molar-refractivity contribution >= 4 is 28.4 Å². The van der Waals surface area contributed by atoms with Gasteiger partial charge in [-0.1, -0.05) is 29.5 Å². The molecule has 0 aliphatic rings. The number of para-hydroxylation sites is 1. The van der Waals surface area contributed by atoms with E-state index in [0.717, 1.165) is 21.3 Å². The van der Waals surface area contributed by atoms with Gasteiger partial charge in [0.1, 0.15) is 11.6 Å². The van der Waals surface area contributed by atoms with Crippen molar-refractivity contribution in [1.29, 1.82) is 0 Å². The van der Waals surface area contributed by atoms with Gasteiger partial charge in [0.15, 0.2) is 9.05 Å². The fourth-order valence-corrected chi connectivity index (χ4v) is 4.32.